The van der Waals surface area contributed by atoms with Crippen molar-refractivity contribution in [1.29, 1.82) is 0 Å². The predicted octanol–water partition coefficient (Wildman–Crippen LogP) is 3.75. The smallest absolute Gasteiger partial charge is 0.338 e. The molecular formula is C16H11ClN2O3. The fourth-order valence-corrected chi connectivity index (χ4v) is 1.94. The Labute approximate surface area is 131 Å². The Hall–Kier alpha value is -2.66. The van der Waals surface area contributed by atoms with Crippen molar-refractivity contribution in [3.63, 3.8) is 0 Å². The molecule has 0 atom stereocenters. The summed E-state index contributed by atoms with van der Waals surface area (Å²) in [7, 11) is 0. The third kappa shape index (κ3) is 3.32. The molecule has 0 spiro atoms. The van der Waals surface area contributed by atoms with Gasteiger partial charge in [0, 0.05) is 10.6 Å². The molecule has 0 bridgehead atoms. The Balaban J connectivity index is 1.65. The van der Waals surface area contributed by atoms with E-state index in [1.165, 1.54) is 0 Å². The lowest BCUT2D eigenvalue weighted by Crippen LogP contribution is -2.05. The molecule has 3 rings (SSSR count). The largest absolute Gasteiger partial charge is 0.452 e. The van der Waals surface area contributed by atoms with Gasteiger partial charge in [0.15, 0.2) is 6.61 Å². The zero-order valence-corrected chi connectivity index (χ0v) is 12.2. The zero-order chi connectivity index (χ0) is 15.4. The highest BCUT2D eigenvalue weighted by Gasteiger charge is 2.12. The third-order valence-corrected chi connectivity index (χ3v) is 3.16. The van der Waals surface area contributed by atoms with Crippen molar-refractivity contribution >= 4 is 17.6 Å². The number of esters is 1. The average molecular weight is 315 g/mol. The number of halogens is 1. The number of carbonyl (C=O) groups excluding carboxylic acids is 1. The molecular weight excluding hydrogens is 304 g/mol. The summed E-state index contributed by atoms with van der Waals surface area (Å²) >= 11 is 5.83. The van der Waals surface area contributed by atoms with Gasteiger partial charge in [0.25, 0.3) is 5.89 Å². The molecule has 3 aromatic rings. The number of nitrogens with zero attached hydrogens (tertiary/aromatic N) is 2. The van der Waals surface area contributed by atoms with E-state index in [1.807, 2.05) is 6.07 Å². The van der Waals surface area contributed by atoms with Gasteiger partial charge in [-0.05, 0) is 36.4 Å². The highest BCUT2D eigenvalue weighted by atomic mass is 35.5. The maximum Gasteiger partial charge on any atom is 0.338 e. The Morgan fingerprint density at radius 3 is 2.55 bits per heavy atom. The first-order valence-corrected chi connectivity index (χ1v) is 6.91. The second kappa shape index (κ2) is 6.41. The average Bonchev–Trinajstić information content (AvgIpc) is 3.03. The summed E-state index contributed by atoms with van der Waals surface area (Å²) in [5, 5.41) is 4.48. The minimum Gasteiger partial charge on any atom is -0.452 e. The van der Waals surface area contributed by atoms with Crippen LogP contribution in [0.1, 0.15) is 16.2 Å². The Bertz CT molecular complexity index is 770. The van der Waals surface area contributed by atoms with Gasteiger partial charge in [-0.2, -0.15) is 4.98 Å². The maximum atomic E-state index is 11.8. The lowest BCUT2D eigenvalue weighted by molar-refractivity contribution is 0.0430. The van der Waals surface area contributed by atoms with Gasteiger partial charge >= 0.3 is 5.97 Å². The molecule has 0 saturated heterocycles. The first-order chi connectivity index (χ1) is 10.7. The van der Waals surface area contributed by atoms with Crippen molar-refractivity contribution in [2.24, 2.45) is 0 Å². The van der Waals surface area contributed by atoms with Crippen molar-refractivity contribution in [2.75, 3.05) is 0 Å². The van der Waals surface area contributed by atoms with Crippen LogP contribution in [0.5, 0.6) is 0 Å². The molecule has 1 aromatic heterocycles. The van der Waals surface area contributed by atoms with Crippen LogP contribution < -0.4 is 0 Å². The van der Waals surface area contributed by atoms with Crippen LogP contribution in [0.25, 0.3) is 11.4 Å². The van der Waals surface area contributed by atoms with Crippen LogP contribution in [0.4, 0.5) is 0 Å². The summed E-state index contributed by atoms with van der Waals surface area (Å²) in [5.74, 6) is 0.212. The molecule has 0 aliphatic carbocycles. The minimum atomic E-state index is -0.438. The van der Waals surface area contributed by atoms with Gasteiger partial charge in [0.2, 0.25) is 5.82 Å². The molecule has 0 saturated carbocycles. The summed E-state index contributed by atoms with van der Waals surface area (Å²) in [6.45, 7) is -0.0751. The summed E-state index contributed by atoms with van der Waals surface area (Å²) in [5.41, 5.74) is 1.24. The van der Waals surface area contributed by atoms with Gasteiger partial charge in [0.05, 0.1) is 5.56 Å². The molecule has 1 heterocycles. The van der Waals surface area contributed by atoms with Gasteiger partial charge in [0.1, 0.15) is 0 Å². The predicted molar refractivity (Wildman–Crippen MR) is 80.3 cm³/mol. The van der Waals surface area contributed by atoms with E-state index in [-0.39, 0.29) is 12.5 Å². The SMILES string of the molecule is O=C(OCc1nc(-c2ccc(Cl)cc2)no1)c1ccccc1. The molecule has 0 unspecified atom stereocenters. The number of ether oxygens (including phenoxy) is 1. The van der Waals surface area contributed by atoms with E-state index < -0.39 is 5.97 Å². The van der Waals surface area contributed by atoms with Crippen molar-refractivity contribution < 1.29 is 14.1 Å². The van der Waals surface area contributed by atoms with Crippen LogP contribution in [0.2, 0.25) is 5.02 Å². The normalized spacial score (nSPS) is 10.4. The maximum absolute atomic E-state index is 11.8. The molecule has 22 heavy (non-hydrogen) atoms. The molecule has 0 N–H and O–H groups in total. The number of aromatic nitrogens is 2. The van der Waals surface area contributed by atoms with Crippen LogP contribution in [0.15, 0.2) is 59.1 Å². The molecule has 110 valence electrons. The highest BCUT2D eigenvalue weighted by Crippen LogP contribution is 2.19. The van der Waals surface area contributed by atoms with E-state index in [0.717, 1.165) is 5.56 Å². The first kappa shape index (κ1) is 14.3. The van der Waals surface area contributed by atoms with Gasteiger partial charge in [-0.15, -0.1) is 0 Å². The van der Waals surface area contributed by atoms with E-state index >= 15 is 0 Å². The second-order valence-corrected chi connectivity index (χ2v) is 4.90. The fourth-order valence-electron chi connectivity index (χ4n) is 1.81. The van der Waals surface area contributed by atoms with Gasteiger partial charge < -0.3 is 9.26 Å². The lowest BCUT2D eigenvalue weighted by Gasteiger charge is -2.00. The zero-order valence-electron chi connectivity index (χ0n) is 11.4. The molecule has 6 heteroatoms. The van der Waals surface area contributed by atoms with Crippen LogP contribution in [-0.4, -0.2) is 16.1 Å². The van der Waals surface area contributed by atoms with Crippen LogP contribution >= 0.6 is 11.6 Å². The third-order valence-electron chi connectivity index (χ3n) is 2.91. The quantitative estimate of drug-likeness (QED) is 0.686. The molecule has 0 fully saturated rings. The summed E-state index contributed by atoms with van der Waals surface area (Å²) in [6, 6.07) is 15.8. The van der Waals surface area contributed by atoms with E-state index in [2.05, 4.69) is 10.1 Å². The van der Waals surface area contributed by atoms with E-state index in [0.29, 0.717) is 16.4 Å². The number of carbonyl (C=O) groups is 1. The molecule has 2 aromatic carbocycles. The van der Waals surface area contributed by atoms with Gasteiger partial charge in [-0.1, -0.05) is 35.0 Å². The Morgan fingerprint density at radius 1 is 1.09 bits per heavy atom. The Kier molecular flexibility index (Phi) is 4.16. The van der Waals surface area contributed by atoms with E-state index in [9.17, 15) is 4.79 Å². The molecule has 0 radical (unpaired) electrons. The van der Waals surface area contributed by atoms with Crippen molar-refractivity contribution in [3.8, 4) is 11.4 Å². The molecule has 0 amide bonds. The van der Waals surface area contributed by atoms with Crippen LogP contribution in [0, 0.1) is 0 Å². The van der Waals surface area contributed by atoms with Crippen LogP contribution in [0.3, 0.4) is 0 Å². The monoisotopic (exact) mass is 314 g/mol. The van der Waals surface area contributed by atoms with Crippen LogP contribution in [-0.2, 0) is 11.3 Å². The Morgan fingerprint density at radius 2 is 1.82 bits per heavy atom. The number of rotatable bonds is 4. The minimum absolute atomic E-state index is 0.0751. The van der Waals surface area contributed by atoms with Gasteiger partial charge in [-0.3, -0.25) is 0 Å². The van der Waals surface area contributed by atoms with E-state index in [1.54, 1.807) is 48.5 Å². The van der Waals surface area contributed by atoms with Crippen molar-refractivity contribution in [3.05, 3.63) is 71.1 Å². The van der Waals surface area contributed by atoms with Gasteiger partial charge in [-0.25, -0.2) is 4.79 Å². The summed E-state index contributed by atoms with van der Waals surface area (Å²) in [4.78, 5) is 16.0. The fraction of sp³-hybridized carbons (Fsp3) is 0.0625. The lowest BCUT2D eigenvalue weighted by atomic mass is 10.2. The number of hydrogen-bond donors (Lipinski definition) is 0. The standard InChI is InChI=1S/C16H11ClN2O3/c17-13-8-6-11(7-9-13)15-18-14(22-19-15)10-21-16(20)12-4-2-1-3-5-12/h1-9H,10H2. The first-order valence-electron chi connectivity index (χ1n) is 6.53. The van der Waals surface area contributed by atoms with E-state index in [4.69, 9.17) is 20.9 Å². The number of hydrogen-bond acceptors (Lipinski definition) is 5. The molecule has 0 aliphatic rings. The molecule has 0 aliphatic heterocycles. The van der Waals surface area contributed by atoms with Crippen molar-refractivity contribution in [1.82, 2.24) is 10.1 Å². The second-order valence-electron chi connectivity index (χ2n) is 4.46. The topological polar surface area (TPSA) is 65.2 Å². The highest BCUT2D eigenvalue weighted by molar-refractivity contribution is 6.30. The summed E-state index contributed by atoms with van der Waals surface area (Å²) in [6.07, 6.45) is 0. The summed E-state index contributed by atoms with van der Waals surface area (Å²) < 4.78 is 10.2. The molecule has 5 nitrogen and oxygen atoms in total. The number of benzene rings is 2. The van der Waals surface area contributed by atoms with Crippen molar-refractivity contribution in [2.45, 2.75) is 6.61 Å².